The molecule has 70 valence electrons. The maximum Gasteiger partial charge on any atom is 0.149 e. The van der Waals surface area contributed by atoms with Gasteiger partial charge >= 0.3 is 0 Å². The summed E-state index contributed by atoms with van der Waals surface area (Å²) in [6, 6.07) is 0. The molecule has 0 rings (SSSR count). The van der Waals surface area contributed by atoms with E-state index in [1.807, 2.05) is 20.9 Å². The predicted octanol–water partition coefficient (Wildman–Crippen LogP) is 1.52. The van der Waals surface area contributed by atoms with Crippen molar-refractivity contribution in [2.24, 2.45) is 5.92 Å². The zero-order valence-electron chi connectivity index (χ0n) is 8.21. The summed E-state index contributed by atoms with van der Waals surface area (Å²) < 4.78 is 0. The minimum atomic E-state index is 0.157. The van der Waals surface area contributed by atoms with Crippen molar-refractivity contribution in [3.8, 4) is 0 Å². The fraction of sp³-hybridized carbons (Fsp3) is 0.778. The number of hydrogen-bond donors (Lipinski definition) is 0. The molecule has 0 spiro atoms. The number of likely N-dealkylation sites (N-methyl/N-ethyl adjacent to an activating group) is 1. The third-order valence-corrected chi connectivity index (χ3v) is 2.23. The van der Waals surface area contributed by atoms with Crippen molar-refractivity contribution in [2.45, 2.75) is 13.8 Å². The highest BCUT2D eigenvalue weighted by Crippen LogP contribution is 1.97. The highest BCUT2D eigenvalue weighted by atomic mass is 31.1. The highest BCUT2D eigenvalue weighted by molar-refractivity contribution is 7.36. The van der Waals surface area contributed by atoms with Crippen LogP contribution in [0, 0.1) is 5.92 Å². The summed E-state index contributed by atoms with van der Waals surface area (Å²) in [6.07, 6.45) is 4.78. The summed E-state index contributed by atoms with van der Waals surface area (Å²) in [5, 5.41) is 0. The van der Waals surface area contributed by atoms with Crippen molar-refractivity contribution in [3.05, 3.63) is 0 Å². The molecule has 0 saturated carbocycles. The summed E-state index contributed by atoms with van der Waals surface area (Å²) in [4.78, 5) is 13.3. The quantitative estimate of drug-likeness (QED) is 0.588. The summed E-state index contributed by atoms with van der Waals surface area (Å²) in [5.74, 6) is 0.475. The predicted molar refractivity (Wildman–Crippen MR) is 56.3 cm³/mol. The number of carbonyl (C=O) groups excluding carboxylic acids is 1. The summed E-state index contributed by atoms with van der Waals surface area (Å²) in [7, 11) is 3.13. The summed E-state index contributed by atoms with van der Waals surface area (Å²) >= 11 is 0. The monoisotopic (exact) mass is 187 g/mol. The zero-order chi connectivity index (χ0) is 9.56. The molecule has 0 N–H and O–H groups in total. The molecule has 12 heavy (non-hydrogen) atoms. The molecule has 3 heteroatoms. The van der Waals surface area contributed by atoms with Gasteiger partial charge in [-0.2, -0.15) is 0 Å². The van der Waals surface area contributed by atoms with Crippen molar-refractivity contribution in [3.63, 3.8) is 0 Å². The van der Waals surface area contributed by atoms with Crippen LogP contribution < -0.4 is 0 Å². The summed E-state index contributed by atoms with van der Waals surface area (Å²) in [6.45, 7) is 5.42. The van der Waals surface area contributed by atoms with Gasteiger partial charge in [-0.3, -0.25) is 9.69 Å². The van der Waals surface area contributed by atoms with E-state index in [-0.39, 0.29) is 5.92 Å². The van der Waals surface area contributed by atoms with Gasteiger partial charge in [0.25, 0.3) is 0 Å². The molecule has 0 aromatic rings. The Morgan fingerprint density at radius 3 is 2.58 bits per heavy atom. The Morgan fingerprint density at radius 1 is 1.58 bits per heavy atom. The van der Waals surface area contributed by atoms with Gasteiger partial charge in [0.1, 0.15) is 5.78 Å². The third-order valence-electron chi connectivity index (χ3n) is 1.71. The van der Waals surface area contributed by atoms with Gasteiger partial charge in [0.05, 0.1) is 6.54 Å². The minimum Gasteiger partial charge on any atom is -0.299 e. The Labute approximate surface area is 76.8 Å². The van der Waals surface area contributed by atoms with Crippen LogP contribution in [0.4, 0.5) is 0 Å². The van der Waals surface area contributed by atoms with Crippen molar-refractivity contribution < 1.29 is 4.79 Å². The number of ketones is 1. The lowest BCUT2D eigenvalue weighted by Gasteiger charge is -2.15. The fourth-order valence-corrected chi connectivity index (χ4v) is 1.25. The Balaban J connectivity index is 3.60. The Kier molecular flexibility index (Phi) is 6.23. The van der Waals surface area contributed by atoms with Gasteiger partial charge in [-0.15, -0.1) is 8.20 Å². The van der Waals surface area contributed by atoms with E-state index in [9.17, 15) is 4.79 Å². The van der Waals surface area contributed by atoms with Crippen LogP contribution in [-0.2, 0) is 4.79 Å². The average molecular weight is 187 g/mol. The van der Waals surface area contributed by atoms with Gasteiger partial charge in [-0.25, -0.2) is 0 Å². The first kappa shape index (κ1) is 11.8. The van der Waals surface area contributed by atoms with Gasteiger partial charge in [-0.1, -0.05) is 20.1 Å². The Hall–Kier alpha value is -0.200. The summed E-state index contributed by atoms with van der Waals surface area (Å²) in [5.41, 5.74) is 0. The van der Waals surface area contributed by atoms with Crippen LogP contribution in [0.25, 0.3) is 0 Å². The van der Waals surface area contributed by atoms with Crippen LogP contribution in [0.15, 0.2) is 0 Å². The third kappa shape index (κ3) is 5.45. The lowest BCUT2D eigenvalue weighted by atomic mass is 10.1. The van der Waals surface area contributed by atoms with Gasteiger partial charge < -0.3 is 0 Å². The van der Waals surface area contributed by atoms with E-state index < -0.39 is 0 Å². The molecule has 0 radical (unpaired) electrons. The molecule has 0 unspecified atom stereocenters. The molecule has 0 bridgehead atoms. The molecule has 0 saturated heterocycles. The molecule has 0 fully saturated rings. The molecule has 0 amide bonds. The van der Waals surface area contributed by atoms with Crippen molar-refractivity contribution in [2.75, 3.05) is 26.3 Å². The molecule has 0 heterocycles. The lowest BCUT2D eigenvalue weighted by molar-refractivity contribution is -0.122. The normalized spacial score (nSPS) is 11.4. The molecular formula is C9H18NOP. The highest BCUT2D eigenvalue weighted by Gasteiger charge is 2.09. The smallest absolute Gasteiger partial charge is 0.149 e. The SMILES string of the molecule is C=PCCN(C)CC(=O)C(C)C. The van der Waals surface area contributed by atoms with E-state index in [1.165, 1.54) is 0 Å². The van der Waals surface area contributed by atoms with Gasteiger partial charge in [0.15, 0.2) is 0 Å². The zero-order valence-corrected chi connectivity index (χ0v) is 9.10. The molecule has 0 aromatic heterocycles. The number of carbonyl (C=O) groups is 1. The second-order valence-corrected chi connectivity index (χ2v) is 4.20. The molecule has 2 nitrogen and oxygen atoms in total. The van der Waals surface area contributed by atoms with Crippen molar-refractivity contribution >= 4 is 20.3 Å². The number of rotatable bonds is 6. The largest absolute Gasteiger partial charge is 0.299 e. The standard InChI is InChI=1S/C9H18NOP/c1-8(2)9(11)7-10(3)5-6-12-4/h8H,4-7H2,1-3H3. The van der Waals surface area contributed by atoms with Gasteiger partial charge in [0.2, 0.25) is 0 Å². The van der Waals surface area contributed by atoms with Crippen LogP contribution in [0.3, 0.4) is 0 Å². The van der Waals surface area contributed by atoms with E-state index in [0.29, 0.717) is 12.3 Å². The van der Waals surface area contributed by atoms with E-state index in [0.717, 1.165) is 20.9 Å². The molecule has 0 aliphatic carbocycles. The van der Waals surface area contributed by atoms with E-state index in [2.05, 4.69) is 11.2 Å². The van der Waals surface area contributed by atoms with Crippen LogP contribution in [0.1, 0.15) is 13.8 Å². The fourth-order valence-electron chi connectivity index (χ4n) is 0.769. The molecule has 0 atom stereocenters. The average Bonchev–Trinajstić information content (AvgIpc) is 2.00. The molecular weight excluding hydrogens is 169 g/mol. The van der Waals surface area contributed by atoms with Crippen LogP contribution in [0.5, 0.6) is 0 Å². The first-order valence-electron chi connectivity index (χ1n) is 4.21. The van der Waals surface area contributed by atoms with Crippen LogP contribution in [-0.4, -0.2) is 43.3 Å². The Bertz CT molecular complexity index is 157. The van der Waals surface area contributed by atoms with Crippen LogP contribution in [0.2, 0.25) is 0 Å². The van der Waals surface area contributed by atoms with Gasteiger partial charge in [-0.05, 0) is 7.05 Å². The number of hydrogen-bond acceptors (Lipinski definition) is 2. The maximum atomic E-state index is 11.3. The number of nitrogens with zero attached hydrogens (tertiary/aromatic N) is 1. The number of Topliss-reactive ketones (excluding diaryl/α,β-unsaturated/α-hetero) is 1. The van der Waals surface area contributed by atoms with E-state index >= 15 is 0 Å². The molecule has 0 aromatic carbocycles. The molecule has 0 aliphatic rings. The topological polar surface area (TPSA) is 20.3 Å². The van der Waals surface area contributed by atoms with E-state index in [1.54, 1.807) is 0 Å². The van der Waals surface area contributed by atoms with Crippen molar-refractivity contribution in [1.82, 2.24) is 4.90 Å². The van der Waals surface area contributed by atoms with E-state index in [4.69, 9.17) is 0 Å². The Morgan fingerprint density at radius 2 is 2.17 bits per heavy atom. The first-order valence-corrected chi connectivity index (χ1v) is 5.48. The maximum absolute atomic E-state index is 11.3. The first-order chi connectivity index (χ1) is 5.57. The second kappa shape index (κ2) is 6.33. The second-order valence-electron chi connectivity index (χ2n) is 3.31. The minimum absolute atomic E-state index is 0.157. The lowest BCUT2D eigenvalue weighted by Crippen LogP contribution is -2.29. The van der Waals surface area contributed by atoms with Crippen molar-refractivity contribution in [1.29, 1.82) is 0 Å². The molecule has 0 aliphatic heterocycles. The van der Waals surface area contributed by atoms with Gasteiger partial charge in [0, 0.05) is 18.6 Å². The van der Waals surface area contributed by atoms with Crippen LogP contribution >= 0.6 is 8.20 Å².